The molecular weight excluding hydrogens is 196 g/mol. The zero-order valence-corrected chi connectivity index (χ0v) is 9.55. The van der Waals surface area contributed by atoms with Crippen molar-refractivity contribution in [1.82, 2.24) is 0 Å². The van der Waals surface area contributed by atoms with Gasteiger partial charge in [0.2, 0.25) is 0 Å². The van der Waals surface area contributed by atoms with Crippen molar-refractivity contribution in [3.8, 4) is 0 Å². The largest absolute Gasteiger partial charge is 0.362 e. The van der Waals surface area contributed by atoms with E-state index in [4.69, 9.17) is 0 Å². The molecule has 7 aliphatic carbocycles. The minimum absolute atomic E-state index is 0.670. The van der Waals surface area contributed by atoms with Crippen LogP contribution in [0.25, 0.3) is 5.53 Å². The summed E-state index contributed by atoms with van der Waals surface area (Å²) >= 11 is 0. The first kappa shape index (κ1) is 8.47. The lowest BCUT2D eigenvalue weighted by Gasteiger charge is -2.67. The van der Waals surface area contributed by atoms with Crippen molar-refractivity contribution in [2.75, 3.05) is 0 Å². The lowest BCUT2D eigenvalue weighted by atomic mass is 9.35. The molecule has 0 radical (unpaired) electrons. The van der Waals surface area contributed by atoms with Crippen LogP contribution in [0, 0.1) is 47.3 Å². The number of rotatable bonds is 0. The number of hydrogen-bond donors (Lipinski definition) is 0. The van der Waals surface area contributed by atoms with Gasteiger partial charge in [0, 0.05) is 0 Å². The summed E-state index contributed by atoms with van der Waals surface area (Å²) in [4.78, 5) is 3.73. The normalized spacial score (nSPS) is 64.1. The van der Waals surface area contributed by atoms with Gasteiger partial charge in [-0.15, -0.1) is 0 Å². The lowest BCUT2D eigenvalue weighted by Crippen LogP contribution is -2.65. The molecule has 7 fully saturated rings. The third-order valence-electron chi connectivity index (χ3n) is 6.93. The highest BCUT2D eigenvalue weighted by Crippen LogP contribution is 2.70. The topological polar surface area (TPSA) is 36.4 Å². The summed E-state index contributed by atoms with van der Waals surface area (Å²) in [6.45, 7) is 0. The van der Waals surface area contributed by atoms with Crippen LogP contribution in [0.3, 0.4) is 0 Å². The van der Waals surface area contributed by atoms with E-state index in [1.807, 2.05) is 0 Å². The van der Waals surface area contributed by atoms with Crippen LogP contribution in [-0.2, 0) is 0 Å². The summed E-state index contributed by atoms with van der Waals surface area (Å²) < 4.78 is 0. The molecule has 0 aromatic rings. The lowest BCUT2D eigenvalue weighted by molar-refractivity contribution is -0.177. The van der Waals surface area contributed by atoms with Gasteiger partial charge in [-0.2, -0.15) is 4.79 Å². The van der Waals surface area contributed by atoms with Crippen LogP contribution >= 0.6 is 0 Å². The van der Waals surface area contributed by atoms with E-state index < -0.39 is 0 Å². The molecule has 0 saturated heterocycles. The van der Waals surface area contributed by atoms with E-state index in [9.17, 15) is 5.53 Å². The van der Waals surface area contributed by atoms with E-state index in [2.05, 4.69) is 4.79 Å². The number of hydrogen-bond acceptors (Lipinski definition) is 0. The van der Waals surface area contributed by atoms with Crippen LogP contribution in [-0.4, -0.2) is 10.5 Å². The van der Waals surface area contributed by atoms with Gasteiger partial charge in [-0.1, -0.05) is 0 Å². The molecule has 2 nitrogen and oxygen atoms in total. The zero-order chi connectivity index (χ0) is 10.4. The Morgan fingerprint density at radius 3 is 2.00 bits per heavy atom. The highest BCUT2D eigenvalue weighted by atomic mass is 14.9. The Balaban J connectivity index is 1.73. The van der Waals surface area contributed by atoms with Gasteiger partial charge in [-0.05, 0) is 67.6 Å². The van der Waals surface area contributed by atoms with Crippen molar-refractivity contribution in [3.63, 3.8) is 0 Å². The molecule has 0 aromatic heterocycles. The van der Waals surface area contributed by atoms with Gasteiger partial charge >= 0.3 is 0 Å². The zero-order valence-electron chi connectivity index (χ0n) is 9.55. The van der Waals surface area contributed by atoms with E-state index >= 15 is 0 Å². The van der Waals surface area contributed by atoms with Crippen molar-refractivity contribution in [3.05, 3.63) is 5.53 Å². The van der Waals surface area contributed by atoms with Gasteiger partial charge in [-0.25, -0.2) is 0 Å². The van der Waals surface area contributed by atoms with Gasteiger partial charge in [-0.3, -0.25) is 0 Å². The average molecular weight is 214 g/mol. The molecule has 0 aromatic carbocycles. The van der Waals surface area contributed by atoms with Crippen LogP contribution in [0.2, 0.25) is 0 Å². The van der Waals surface area contributed by atoms with E-state index in [1.54, 1.807) is 6.42 Å². The molecule has 7 rings (SSSR count). The summed E-state index contributed by atoms with van der Waals surface area (Å²) in [7, 11) is 0. The monoisotopic (exact) mass is 214 g/mol. The first-order valence-corrected chi connectivity index (χ1v) is 7.08. The molecule has 0 heterocycles. The average Bonchev–Trinajstić information content (AvgIpc) is 2.33. The second-order valence-corrected chi connectivity index (χ2v) is 7.11. The molecule has 0 amide bonds. The maximum Gasteiger partial charge on any atom is 0.275 e. The van der Waals surface area contributed by atoms with Crippen LogP contribution < -0.4 is 0 Å². The maximum absolute atomic E-state index is 9.32. The quantitative estimate of drug-likeness (QED) is 0.439. The van der Waals surface area contributed by atoms with Gasteiger partial charge in [0.1, 0.15) is 0 Å². The molecule has 2 heteroatoms. The fourth-order valence-electron chi connectivity index (χ4n) is 6.79. The van der Waals surface area contributed by atoms with E-state index in [0.717, 1.165) is 35.5 Å². The second-order valence-electron chi connectivity index (χ2n) is 7.11. The van der Waals surface area contributed by atoms with Crippen LogP contribution in [0.4, 0.5) is 0 Å². The fraction of sp³-hybridized carbons (Fsp3) is 0.929. The Bertz CT molecular complexity index is 398. The van der Waals surface area contributed by atoms with Crippen LogP contribution in [0.5, 0.6) is 0 Å². The Labute approximate surface area is 96.0 Å². The Morgan fingerprint density at radius 1 is 0.812 bits per heavy atom. The Hall–Kier alpha value is -0.620. The minimum Gasteiger partial charge on any atom is -0.362 e. The van der Waals surface area contributed by atoms with Gasteiger partial charge in [0.05, 0.1) is 11.8 Å². The molecule has 0 aliphatic heterocycles. The summed E-state index contributed by atoms with van der Waals surface area (Å²) in [5, 5.41) is 0. The Kier molecular flexibility index (Phi) is 1.30. The van der Waals surface area contributed by atoms with Crippen molar-refractivity contribution >= 4 is 5.71 Å². The molecule has 8 bridgehead atoms. The first-order chi connectivity index (χ1) is 7.86. The summed E-state index contributed by atoms with van der Waals surface area (Å²) in [5.41, 5.74) is 10.5. The third-order valence-corrected chi connectivity index (χ3v) is 6.93. The van der Waals surface area contributed by atoms with Crippen LogP contribution in [0.15, 0.2) is 0 Å². The van der Waals surface area contributed by atoms with E-state index in [-0.39, 0.29) is 0 Å². The first-order valence-electron chi connectivity index (χ1n) is 7.08. The molecule has 4 unspecified atom stereocenters. The van der Waals surface area contributed by atoms with Crippen molar-refractivity contribution in [2.24, 2.45) is 47.3 Å². The predicted molar refractivity (Wildman–Crippen MR) is 59.6 cm³/mol. The molecule has 84 valence electrons. The third kappa shape index (κ3) is 0.720. The highest BCUT2D eigenvalue weighted by molar-refractivity contribution is 5.87. The van der Waals surface area contributed by atoms with E-state index in [0.29, 0.717) is 11.8 Å². The minimum atomic E-state index is 0.670. The smallest absolute Gasteiger partial charge is 0.275 e. The molecular formula is C14H18N2. The van der Waals surface area contributed by atoms with Crippen LogP contribution in [0.1, 0.15) is 32.1 Å². The molecule has 0 spiro atoms. The van der Waals surface area contributed by atoms with Crippen molar-refractivity contribution < 1.29 is 4.79 Å². The van der Waals surface area contributed by atoms with Crippen molar-refractivity contribution in [1.29, 1.82) is 0 Å². The maximum atomic E-state index is 9.32. The summed E-state index contributed by atoms with van der Waals surface area (Å²) in [6, 6.07) is 0. The predicted octanol–water partition coefficient (Wildman–Crippen LogP) is 2.61. The molecule has 0 N–H and O–H groups in total. The fourth-order valence-corrected chi connectivity index (χ4v) is 6.79. The molecule has 7 aliphatic rings. The molecule has 7 saturated carbocycles. The SMILES string of the molecule is [N-]=[N+]=C1C2CC3C4CC5CC3C1C(C5)C4C2. The summed E-state index contributed by atoms with van der Waals surface area (Å²) in [6.07, 6.45) is 7.19. The highest BCUT2D eigenvalue weighted by Gasteiger charge is 2.68. The standard InChI is InChI=1S/C14H18N2/c15-16-14-7-4-9-8-1-6-2-11(9)13(14)12(3-6)10(8)5-7/h6-13H,1-5H2. The van der Waals surface area contributed by atoms with Gasteiger partial charge in [0.25, 0.3) is 5.71 Å². The van der Waals surface area contributed by atoms with Crippen molar-refractivity contribution in [2.45, 2.75) is 32.1 Å². The van der Waals surface area contributed by atoms with Gasteiger partial charge in [0.15, 0.2) is 0 Å². The number of nitrogens with zero attached hydrogens (tertiary/aromatic N) is 2. The molecule has 16 heavy (non-hydrogen) atoms. The van der Waals surface area contributed by atoms with E-state index in [1.165, 1.54) is 31.4 Å². The second kappa shape index (κ2) is 2.46. The molecule has 4 atom stereocenters. The van der Waals surface area contributed by atoms with Gasteiger partial charge < -0.3 is 5.53 Å². The summed E-state index contributed by atoms with van der Waals surface area (Å²) in [5.74, 6) is 7.37. The Morgan fingerprint density at radius 2 is 1.38 bits per heavy atom.